The minimum Gasteiger partial charge on any atom is -0.236 e. The summed E-state index contributed by atoms with van der Waals surface area (Å²) in [6.45, 7) is 4.10. The number of aromatic nitrogens is 2. The van der Waals surface area contributed by atoms with E-state index in [1.165, 1.54) is 0 Å². The zero-order valence-electron chi connectivity index (χ0n) is 11.5. The van der Waals surface area contributed by atoms with Gasteiger partial charge in [0, 0.05) is 16.7 Å². The van der Waals surface area contributed by atoms with Crippen LogP contribution in [0.2, 0.25) is 0 Å². The first kappa shape index (κ1) is 12.4. The van der Waals surface area contributed by atoms with E-state index in [-0.39, 0.29) is 0 Å². The number of hydrogen-bond donors (Lipinski definition) is 0. The van der Waals surface area contributed by atoms with Gasteiger partial charge in [-0.15, -0.1) is 0 Å². The lowest BCUT2D eigenvalue weighted by Crippen LogP contribution is -1.93. The maximum atomic E-state index is 4.41. The molecule has 0 amide bonds. The molecule has 96 valence electrons. The van der Waals surface area contributed by atoms with Gasteiger partial charge in [-0.05, 0) is 31.5 Å². The van der Waals surface area contributed by atoms with Crippen LogP contribution in [0.15, 0.2) is 48.8 Å². The molecule has 0 saturated heterocycles. The van der Waals surface area contributed by atoms with Gasteiger partial charge in [0.2, 0.25) is 0 Å². The SMILES string of the molecule is Cc1c#ccc(C)c1-c1cc(-c2ccccc2)ncn1. The van der Waals surface area contributed by atoms with Crippen molar-refractivity contribution in [2.75, 3.05) is 0 Å². The molecule has 0 N–H and O–H groups in total. The highest BCUT2D eigenvalue weighted by Crippen LogP contribution is 2.26. The molecule has 0 fully saturated rings. The molecule has 1 heterocycles. The Hall–Kier alpha value is -2.66. The molecule has 0 spiro atoms. The highest BCUT2D eigenvalue weighted by molar-refractivity contribution is 5.71. The number of hydrogen-bond acceptors (Lipinski definition) is 2. The van der Waals surface area contributed by atoms with Crippen LogP contribution in [0, 0.1) is 26.0 Å². The van der Waals surface area contributed by atoms with Gasteiger partial charge in [0.1, 0.15) is 6.33 Å². The number of aryl methyl sites for hydroxylation is 1. The van der Waals surface area contributed by atoms with Crippen molar-refractivity contribution >= 4 is 0 Å². The molecule has 2 aromatic carbocycles. The molecule has 0 bridgehead atoms. The number of benzene rings is 1. The second kappa shape index (κ2) is 5.14. The summed E-state index contributed by atoms with van der Waals surface area (Å²) < 4.78 is 0. The van der Waals surface area contributed by atoms with E-state index >= 15 is 0 Å². The van der Waals surface area contributed by atoms with E-state index in [4.69, 9.17) is 0 Å². The highest BCUT2D eigenvalue weighted by atomic mass is 14.8. The third-order valence-corrected chi connectivity index (χ3v) is 3.31. The predicted molar refractivity (Wildman–Crippen MR) is 80.1 cm³/mol. The molecule has 2 nitrogen and oxygen atoms in total. The highest BCUT2D eigenvalue weighted by Gasteiger charge is 2.08. The number of nitrogens with zero attached hydrogens (tertiary/aromatic N) is 2. The zero-order chi connectivity index (χ0) is 13.9. The van der Waals surface area contributed by atoms with Crippen molar-refractivity contribution < 1.29 is 0 Å². The smallest absolute Gasteiger partial charge is 0.116 e. The van der Waals surface area contributed by atoms with Crippen LogP contribution in [-0.4, -0.2) is 9.97 Å². The van der Waals surface area contributed by atoms with E-state index in [0.29, 0.717) is 0 Å². The maximum absolute atomic E-state index is 4.41. The summed E-state index contributed by atoms with van der Waals surface area (Å²) in [5.41, 5.74) is 6.28. The van der Waals surface area contributed by atoms with Crippen molar-refractivity contribution in [3.05, 3.63) is 72.1 Å². The molecule has 20 heavy (non-hydrogen) atoms. The van der Waals surface area contributed by atoms with Crippen molar-refractivity contribution in [1.29, 1.82) is 0 Å². The van der Waals surface area contributed by atoms with Gasteiger partial charge in [-0.25, -0.2) is 9.97 Å². The molecule has 3 rings (SSSR count). The molecule has 2 heteroatoms. The molecular weight excluding hydrogens is 244 g/mol. The molecule has 1 aromatic heterocycles. The van der Waals surface area contributed by atoms with Crippen molar-refractivity contribution in [1.82, 2.24) is 9.97 Å². The van der Waals surface area contributed by atoms with Gasteiger partial charge < -0.3 is 0 Å². The quantitative estimate of drug-likeness (QED) is 0.693. The van der Waals surface area contributed by atoms with Crippen molar-refractivity contribution in [2.24, 2.45) is 0 Å². The monoisotopic (exact) mass is 258 g/mol. The average molecular weight is 258 g/mol. The molecule has 0 saturated carbocycles. The van der Waals surface area contributed by atoms with Crippen LogP contribution in [0.1, 0.15) is 11.1 Å². The van der Waals surface area contributed by atoms with Crippen LogP contribution in [0.4, 0.5) is 0 Å². The Morgan fingerprint density at radius 2 is 1.70 bits per heavy atom. The maximum Gasteiger partial charge on any atom is 0.116 e. The summed E-state index contributed by atoms with van der Waals surface area (Å²) >= 11 is 0. The summed E-state index contributed by atoms with van der Waals surface area (Å²) in [5, 5.41) is 0. The lowest BCUT2D eigenvalue weighted by molar-refractivity contribution is 1.17. The first-order chi connectivity index (χ1) is 9.75. The zero-order valence-corrected chi connectivity index (χ0v) is 11.5. The van der Waals surface area contributed by atoms with Crippen molar-refractivity contribution in [3.63, 3.8) is 0 Å². The van der Waals surface area contributed by atoms with Crippen molar-refractivity contribution in [2.45, 2.75) is 13.8 Å². The first-order valence-electron chi connectivity index (χ1n) is 6.53. The van der Waals surface area contributed by atoms with Crippen LogP contribution < -0.4 is 0 Å². The average Bonchev–Trinajstić information content (AvgIpc) is 2.48. The normalized spacial score (nSPS) is 10.1. The summed E-state index contributed by atoms with van der Waals surface area (Å²) in [5.74, 6) is 0. The Balaban J connectivity index is 2.13. The van der Waals surface area contributed by atoms with E-state index in [1.54, 1.807) is 6.33 Å². The standard InChI is InChI=1S/C18H14N2/c1-13-7-6-8-14(2)18(13)17-11-16(19-12-20-17)15-9-4-3-5-10-15/h3-5,7,9-12H,1-2H3. The molecular formula is C18H14N2. The Labute approximate surface area is 119 Å². The van der Waals surface area contributed by atoms with E-state index in [0.717, 1.165) is 33.6 Å². The number of rotatable bonds is 2. The van der Waals surface area contributed by atoms with Crippen molar-refractivity contribution in [3.8, 4) is 22.5 Å². The minimum absolute atomic E-state index is 0.930. The van der Waals surface area contributed by atoms with Gasteiger partial charge in [-0.2, -0.15) is 0 Å². The van der Waals surface area contributed by atoms with E-state index < -0.39 is 0 Å². The van der Waals surface area contributed by atoms with Crippen LogP contribution in [0.3, 0.4) is 0 Å². The second-order valence-electron chi connectivity index (χ2n) is 4.75. The molecule has 0 aliphatic rings. The Bertz CT molecular complexity index is 713. The first-order valence-corrected chi connectivity index (χ1v) is 6.53. The minimum atomic E-state index is 0.930. The fourth-order valence-corrected chi connectivity index (χ4v) is 2.34. The molecule has 3 aromatic rings. The summed E-state index contributed by atoms with van der Waals surface area (Å²) in [6.07, 6.45) is 1.62. The molecule has 0 radical (unpaired) electrons. The van der Waals surface area contributed by atoms with Gasteiger partial charge in [-0.1, -0.05) is 42.5 Å². The largest absolute Gasteiger partial charge is 0.236 e. The van der Waals surface area contributed by atoms with Gasteiger partial charge in [0.15, 0.2) is 0 Å². The van der Waals surface area contributed by atoms with Crippen LogP contribution >= 0.6 is 0 Å². The lowest BCUT2D eigenvalue weighted by atomic mass is 10.0. The topological polar surface area (TPSA) is 25.8 Å². The summed E-state index contributed by atoms with van der Waals surface area (Å²) in [4.78, 5) is 8.78. The van der Waals surface area contributed by atoms with E-state index in [1.807, 2.05) is 37.3 Å². The second-order valence-corrected chi connectivity index (χ2v) is 4.75. The summed E-state index contributed by atoms with van der Waals surface area (Å²) in [6, 6.07) is 20.2. The van der Waals surface area contributed by atoms with Crippen LogP contribution in [-0.2, 0) is 0 Å². The molecule has 0 atom stereocenters. The fraction of sp³-hybridized carbons (Fsp3) is 0.111. The Morgan fingerprint density at radius 3 is 2.45 bits per heavy atom. The van der Waals surface area contributed by atoms with E-state index in [2.05, 4.69) is 41.2 Å². The third kappa shape index (κ3) is 2.26. The summed E-state index contributed by atoms with van der Waals surface area (Å²) in [7, 11) is 0. The lowest BCUT2D eigenvalue weighted by Gasteiger charge is -2.08. The van der Waals surface area contributed by atoms with Gasteiger partial charge in [0.05, 0.1) is 11.4 Å². The Morgan fingerprint density at radius 1 is 0.950 bits per heavy atom. The molecule has 0 aliphatic heterocycles. The van der Waals surface area contributed by atoms with Gasteiger partial charge >= 0.3 is 0 Å². The Kier molecular flexibility index (Phi) is 3.18. The van der Waals surface area contributed by atoms with Gasteiger partial charge in [0.25, 0.3) is 0 Å². The molecule has 0 aliphatic carbocycles. The fourth-order valence-electron chi connectivity index (χ4n) is 2.34. The van der Waals surface area contributed by atoms with Crippen LogP contribution in [0.25, 0.3) is 22.5 Å². The van der Waals surface area contributed by atoms with Crippen LogP contribution in [0.5, 0.6) is 0 Å². The predicted octanol–water partition coefficient (Wildman–Crippen LogP) is 4.03. The van der Waals surface area contributed by atoms with E-state index in [9.17, 15) is 0 Å². The third-order valence-electron chi connectivity index (χ3n) is 3.31. The van der Waals surface area contributed by atoms with Gasteiger partial charge in [-0.3, -0.25) is 0 Å². The molecule has 0 unspecified atom stereocenters.